The van der Waals surface area contributed by atoms with Gasteiger partial charge in [-0.1, -0.05) is 25.4 Å². The minimum absolute atomic E-state index is 0.102. The van der Waals surface area contributed by atoms with E-state index >= 15 is 0 Å². The molecule has 0 aliphatic carbocycles. The van der Waals surface area contributed by atoms with Crippen LogP contribution < -0.4 is 10.3 Å². The lowest BCUT2D eigenvalue weighted by Gasteiger charge is -2.10. The number of aromatic amines is 1. The van der Waals surface area contributed by atoms with Crippen LogP contribution >= 0.6 is 11.6 Å². The van der Waals surface area contributed by atoms with Gasteiger partial charge in [0.15, 0.2) is 0 Å². The highest BCUT2D eigenvalue weighted by Gasteiger charge is 2.13. The molecule has 1 heterocycles. The number of ether oxygens (including phenoxy) is 1. The lowest BCUT2D eigenvalue weighted by molar-refractivity contribution is 0.415. The average molecular weight is 293 g/mol. The first-order valence-corrected chi connectivity index (χ1v) is 6.76. The van der Waals surface area contributed by atoms with E-state index in [1.54, 1.807) is 19.2 Å². The average Bonchev–Trinajstić information content (AvgIpc) is 2.37. The summed E-state index contributed by atoms with van der Waals surface area (Å²) >= 11 is 6.10. The van der Waals surface area contributed by atoms with Crippen molar-refractivity contribution in [2.45, 2.75) is 26.7 Å². The van der Waals surface area contributed by atoms with Crippen LogP contribution in [-0.4, -0.2) is 17.1 Å². The number of halogens is 1. The van der Waals surface area contributed by atoms with Crippen LogP contribution in [0.5, 0.6) is 5.75 Å². The van der Waals surface area contributed by atoms with Crippen molar-refractivity contribution in [3.05, 3.63) is 44.8 Å². The van der Waals surface area contributed by atoms with Gasteiger partial charge in [-0.2, -0.15) is 0 Å². The largest absolute Gasteiger partial charge is 0.495 e. The summed E-state index contributed by atoms with van der Waals surface area (Å²) in [6, 6.07) is 5.30. The molecule has 2 aromatic rings. The Labute approximate surface area is 122 Å². The molecule has 2 rings (SSSR count). The van der Waals surface area contributed by atoms with Crippen LogP contribution in [0.15, 0.2) is 23.0 Å². The molecule has 0 unspecified atom stereocenters. The normalized spacial score (nSPS) is 10.9. The number of methoxy groups -OCH3 is 1. The van der Waals surface area contributed by atoms with Crippen LogP contribution in [0.1, 0.15) is 31.0 Å². The Morgan fingerprint density at radius 1 is 1.35 bits per heavy atom. The van der Waals surface area contributed by atoms with Crippen molar-refractivity contribution in [2.24, 2.45) is 0 Å². The Balaban J connectivity index is 2.54. The number of nitrogens with one attached hydrogen (secondary N) is 1. The molecular weight excluding hydrogens is 276 g/mol. The third-order valence-corrected chi connectivity index (χ3v) is 3.44. The quantitative estimate of drug-likeness (QED) is 0.941. The molecule has 0 saturated carbocycles. The minimum atomic E-state index is -0.102. The maximum absolute atomic E-state index is 12.1. The van der Waals surface area contributed by atoms with E-state index in [0.717, 1.165) is 11.3 Å². The van der Waals surface area contributed by atoms with Crippen molar-refractivity contribution in [3.63, 3.8) is 0 Å². The van der Waals surface area contributed by atoms with Crippen molar-refractivity contribution in [2.75, 3.05) is 7.11 Å². The number of hydrogen-bond acceptors (Lipinski definition) is 3. The molecule has 0 bridgehead atoms. The van der Waals surface area contributed by atoms with E-state index in [-0.39, 0.29) is 11.5 Å². The van der Waals surface area contributed by atoms with Crippen LogP contribution in [0.3, 0.4) is 0 Å². The number of nitrogens with zero attached hydrogens (tertiary/aromatic N) is 1. The van der Waals surface area contributed by atoms with Crippen molar-refractivity contribution in [1.82, 2.24) is 9.97 Å². The zero-order valence-corrected chi connectivity index (χ0v) is 12.7. The molecule has 1 N–H and O–H groups in total. The Morgan fingerprint density at radius 3 is 2.55 bits per heavy atom. The van der Waals surface area contributed by atoms with Gasteiger partial charge < -0.3 is 9.72 Å². The lowest BCUT2D eigenvalue weighted by atomic mass is 10.0. The maximum atomic E-state index is 12.1. The molecule has 0 saturated heterocycles. The number of aromatic nitrogens is 2. The van der Waals surface area contributed by atoms with Gasteiger partial charge >= 0.3 is 0 Å². The number of benzene rings is 1. The van der Waals surface area contributed by atoms with Crippen molar-refractivity contribution >= 4 is 11.6 Å². The SMILES string of the molecule is COc1ccc(-c2nc(C)c(C(C)C)c(=O)[nH]2)cc1Cl. The third kappa shape index (κ3) is 2.70. The summed E-state index contributed by atoms with van der Waals surface area (Å²) in [5.41, 5.74) is 2.11. The van der Waals surface area contributed by atoms with Crippen molar-refractivity contribution in [1.29, 1.82) is 0 Å². The van der Waals surface area contributed by atoms with Crippen molar-refractivity contribution in [3.8, 4) is 17.1 Å². The predicted octanol–water partition coefficient (Wildman–Crippen LogP) is 3.53. The fourth-order valence-corrected chi connectivity index (χ4v) is 2.48. The number of aryl methyl sites for hydroxylation is 1. The topological polar surface area (TPSA) is 55.0 Å². The van der Waals surface area contributed by atoms with Gasteiger partial charge in [-0.3, -0.25) is 4.79 Å². The van der Waals surface area contributed by atoms with E-state index in [9.17, 15) is 4.79 Å². The van der Waals surface area contributed by atoms with E-state index in [1.165, 1.54) is 0 Å². The molecule has 0 aliphatic rings. The van der Waals surface area contributed by atoms with Gasteiger partial charge in [0.05, 0.1) is 12.1 Å². The fourth-order valence-electron chi connectivity index (χ4n) is 2.23. The molecule has 1 aromatic carbocycles. The maximum Gasteiger partial charge on any atom is 0.254 e. The molecule has 0 radical (unpaired) electrons. The zero-order chi connectivity index (χ0) is 14.9. The summed E-state index contributed by atoms with van der Waals surface area (Å²) in [5.74, 6) is 1.24. The third-order valence-electron chi connectivity index (χ3n) is 3.15. The van der Waals surface area contributed by atoms with Crippen LogP contribution in [-0.2, 0) is 0 Å². The van der Waals surface area contributed by atoms with Gasteiger partial charge in [-0.05, 0) is 31.0 Å². The standard InChI is InChI=1S/C15H17ClN2O2/c1-8(2)13-9(3)17-14(18-15(13)19)10-5-6-12(20-4)11(16)7-10/h5-8H,1-4H3,(H,17,18,19). The van der Waals surface area contributed by atoms with Gasteiger partial charge in [-0.25, -0.2) is 4.98 Å². The second-order valence-corrected chi connectivity index (χ2v) is 5.32. The molecular formula is C15H17ClN2O2. The summed E-state index contributed by atoms with van der Waals surface area (Å²) in [7, 11) is 1.56. The van der Waals surface area contributed by atoms with E-state index in [2.05, 4.69) is 9.97 Å². The van der Waals surface area contributed by atoms with Gasteiger partial charge in [-0.15, -0.1) is 0 Å². The Kier molecular flexibility index (Phi) is 4.14. The molecule has 0 amide bonds. The van der Waals surface area contributed by atoms with E-state index in [4.69, 9.17) is 16.3 Å². The molecule has 0 spiro atoms. The number of rotatable bonds is 3. The second kappa shape index (κ2) is 5.67. The van der Waals surface area contributed by atoms with Gasteiger partial charge in [0.1, 0.15) is 11.6 Å². The zero-order valence-electron chi connectivity index (χ0n) is 12.0. The molecule has 4 nitrogen and oxygen atoms in total. The minimum Gasteiger partial charge on any atom is -0.495 e. The predicted molar refractivity (Wildman–Crippen MR) is 80.7 cm³/mol. The highest BCUT2D eigenvalue weighted by Crippen LogP contribution is 2.28. The Hall–Kier alpha value is -1.81. The van der Waals surface area contributed by atoms with Gasteiger partial charge in [0.2, 0.25) is 0 Å². The summed E-state index contributed by atoms with van der Waals surface area (Å²) in [6.07, 6.45) is 0. The van der Waals surface area contributed by atoms with Crippen LogP contribution in [0, 0.1) is 6.92 Å². The highest BCUT2D eigenvalue weighted by molar-refractivity contribution is 6.32. The fraction of sp³-hybridized carbons (Fsp3) is 0.333. The summed E-state index contributed by atoms with van der Waals surface area (Å²) < 4.78 is 5.11. The second-order valence-electron chi connectivity index (χ2n) is 4.92. The smallest absolute Gasteiger partial charge is 0.254 e. The van der Waals surface area contributed by atoms with E-state index in [0.29, 0.717) is 22.2 Å². The Bertz CT molecular complexity index is 693. The molecule has 0 aliphatic heterocycles. The first-order chi connectivity index (χ1) is 9.43. The lowest BCUT2D eigenvalue weighted by Crippen LogP contribution is -2.18. The molecule has 1 aromatic heterocycles. The van der Waals surface area contributed by atoms with Gasteiger partial charge in [0, 0.05) is 16.8 Å². The number of hydrogen-bond donors (Lipinski definition) is 1. The first-order valence-electron chi connectivity index (χ1n) is 6.38. The van der Waals surface area contributed by atoms with Crippen LogP contribution in [0.4, 0.5) is 0 Å². The summed E-state index contributed by atoms with van der Waals surface area (Å²) in [5, 5.41) is 0.484. The molecule has 20 heavy (non-hydrogen) atoms. The molecule has 0 fully saturated rings. The van der Waals surface area contributed by atoms with Crippen LogP contribution in [0.2, 0.25) is 5.02 Å². The molecule has 5 heteroatoms. The van der Waals surface area contributed by atoms with Crippen LogP contribution in [0.25, 0.3) is 11.4 Å². The first kappa shape index (κ1) is 14.6. The van der Waals surface area contributed by atoms with E-state index < -0.39 is 0 Å². The Morgan fingerprint density at radius 2 is 2.05 bits per heavy atom. The monoisotopic (exact) mass is 292 g/mol. The summed E-state index contributed by atoms with van der Waals surface area (Å²) in [4.78, 5) is 19.4. The van der Waals surface area contributed by atoms with Crippen molar-refractivity contribution < 1.29 is 4.74 Å². The summed E-state index contributed by atoms with van der Waals surface area (Å²) in [6.45, 7) is 5.80. The number of H-pyrrole nitrogens is 1. The van der Waals surface area contributed by atoms with E-state index in [1.807, 2.05) is 26.8 Å². The molecule has 0 atom stereocenters. The van der Waals surface area contributed by atoms with Gasteiger partial charge in [0.25, 0.3) is 5.56 Å². The molecule has 106 valence electrons. The highest BCUT2D eigenvalue weighted by atomic mass is 35.5.